The molecule has 1 nitrogen and oxygen atoms in total. The van der Waals surface area contributed by atoms with Crippen LogP contribution in [0.25, 0.3) is 0 Å². The zero-order valence-electron chi connectivity index (χ0n) is 19.6. The Morgan fingerprint density at radius 2 is 1.72 bits per heavy atom. The van der Waals surface area contributed by atoms with Crippen LogP contribution in [0.2, 0.25) is 0 Å². The van der Waals surface area contributed by atoms with Gasteiger partial charge in [-0.05, 0) is 49.0 Å². The Balaban J connectivity index is 0.000000749. The standard InChI is InChI=1S/C23H34O.C4H10S/c1-6-9-10-11-16-20(13-7-2)23(24)21-18(8-3)14-12-15-19(21)17-22(23,4)5;1-2-3-4-5/h3,12,14-15,20,24H,6-7,9-11,13,16-17H2,1-2,4-5H3;5H,2-4H2,1H3. The fraction of sp³-hybridized carbons (Fsp3) is 0.704. The minimum absolute atomic E-state index is 0.174. The van der Waals surface area contributed by atoms with Crippen LogP contribution >= 0.6 is 12.6 Å². The molecule has 2 rings (SSSR count). The van der Waals surface area contributed by atoms with E-state index in [2.05, 4.69) is 59.2 Å². The lowest BCUT2D eigenvalue weighted by atomic mass is 9.65. The summed E-state index contributed by atoms with van der Waals surface area (Å²) in [7, 11) is 0. The summed E-state index contributed by atoms with van der Waals surface area (Å²) in [5.74, 6) is 4.15. The number of hydrogen-bond donors (Lipinski definition) is 2. The third-order valence-electron chi connectivity index (χ3n) is 6.50. The van der Waals surface area contributed by atoms with Gasteiger partial charge in [0.1, 0.15) is 0 Å². The molecule has 2 heteroatoms. The third kappa shape index (κ3) is 6.28. The van der Waals surface area contributed by atoms with Crippen molar-refractivity contribution in [2.24, 2.45) is 11.3 Å². The van der Waals surface area contributed by atoms with Crippen LogP contribution in [0.15, 0.2) is 18.2 Å². The normalized spacial score (nSPS) is 20.3. The van der Waals surface area contributed by atoms with Crippen LogP contribution in [0.3, 0.4) is 0 Å². The molecule has 0 saturated heterocycles. The molecule has 0 amide bonds. The number of fused-ring (bicyclic) bond motifs is 1. The van der Waals surface area contributed by atoms with Crippen molar-refractivity contribution >= 4 is 12.6 Å². The lowest BCUT2D eigenvalue weighted by molar-refractivity contribution is -0.113. The molecule has 0 aromatic heterocycles. The number of terminal acetylenes is 1. The second-order valence-corrected chi connectivity index (χ2v) is 9.67. The second kappa shape index (κ2) is 12.7. The van der Waals surface area contributed by atoms with Crippen LogP contribution < -0.4 is 0 Å². The van der Waals surface area contributed by atoms with Gasteiger partial charge in [0.2, 0.25) is 0 Å². The topological polar surface area (TPSA) is 20.2 Å². The fourth-order valence-corrected chi connectivity index (χ4v) is 5.23. The van der Waals surface area contributed by atoms with Crippen LogP contribution in [0.4, 0.5) is 0 Å². The van der Waals surface area contributed by atoms with E-state index < -0.39 is 5.60 Å². The maximum Gasteiger partial charge on any atom is 0.0992 e. The monoisotopic (exact) mass is 416 g/mol. The van der Waals surface area contributed by atoms with E-state index in [9.17, 15) is 5.11 Å². The molecule has 1 aromatic carbocycles. The van der Waals surface area contributed by atoms with E-state index in [-0.39, 0.29) is 11.3 Å². The predicted molar refractivity (Wildman–Crippen MR) is 132 cm³/mol. The van der Waals surface area contributed by atoms with Crippen LogP contribution in [-0.2, 0) is 12.0 Å². The Bertz CT molecular complexity index is 640. The number of benzene rings is 1. The number of unbranched alkanes of at least 4 members (excludes halogenated alkanes) is 4. The van der Waals surface area contributed by atoms with Crippen LogP contribution in [0.1, 0.15) is 109 Å². The summed E-state index contributed by atoms with van der Waals surface area (Å²) in [6.07, 6.45) is 17.5. The van der Waals surface area contributed by atoms with E-state index in [4.69, 9.17) is 6.42 Å². The summed E-state index contributed by atoms with van der Waals surface area (Å²) in [4.78, 5) is 0. The van der Waals surface area contributed by atoms with Gasteiger partial charge in [-0.25, -0.2) is 0 Å². The van der Waals surface area contributed by atoms with Crippen LogP contribution in [0, 0.1) is 23.7 Å². The van der Waals surface area contributed by atoms with Gasteiger partial charge in [0.15, 0.2) is 0 Å². The molecular weight excluding hydrogens is 372 g/mol. The zero-order valence-corrected chi connectivity index (χ0v) is 20.5. The number of thiol groups is 1. The predicted octanol–water partition coefficient (Wildman–Crippen LogP) is 7.54. The largest absolute Gasteiger partial charge is 0.384 e. The molecule has 0 saturated carbocycles. The van der Waals surface area contributed by atoms with Crippen LogP contribution in [0.5, 0.6) is 0 Å². The molecule has 0 aliphatic heterocycles. The lowest BCUT2D eigenvalue weighted by Crippen LogP contribution is -2.45. The van der Waals surface area contributed by atoms with Gasteiger partial charge in [-0.15, -0.1) is 6.42 Å². The Kier molecular flexibility index (Phi) is 11.4. The summed E-state index contributed by atoms with van der Waals surface area (Å²) in [6.45, 7) is 11.0. The summed E-state index contributed by atoms with van der Waals surface area (Å²) < 4.78 is 0. The first-order chi connectivity index (χ1) is 13.8. The maximum absolute atomic E-state index is 12.0. The molecule has 1 aromatic rings. The molecule has 0 radical (unpaired) electrons. The van der Waals surface area contributed by atoms with Crippen molar-refractivity contribution in [3.8, 4) is 12.3 Å². The maximum atomic E-state index is 12.0. The highest BCUT2D eigenvalue weighted by Gasteiger charge is 2.55. The van der Waals surface area contributed by atoms with Gasteiger partial charge in [-0.1, -0.05) is 91.2 Å². The summed E-state index contributed by atoms with van der Waals surface area (Å²) in [5.41, 5.74) is 2.19. The molecule has 0 fully saturated rings. The van der Waals surface area contributed by atoms with Crippen molar-refractivity contribution in [2.75, 3.05) is 5.75 Å². The first kappa shape index (κ1) is 26.1. The molecule has 2 unspecified atom stereocenters. The van der Waals surface area contributed by atoms with E-state index in [0.29, 0.717) is 0 Å². The third-order valence-corrected chi connectivity index (χ3v) is 6.81. The van der Waals surface area contributed by atoms with Crippen molar-refractivity contribution in [2.45, 2.75) is 104 Å². The Labute approximate surface area is 186 Å². The van der Waals surface area contributed by atoms with Gasteiger partial charge in [0, 0.05) is 16.5 Å². The number of rotatable bonds is 10. The molecule has 29 heavy (non-hydrogen) atoms. The SMILES string of the molecule is C#Cc1cccc2c1C(O)(C(CCC)CCCCCC)C(C)(C)C2.CCCCS. The minimum Gasteiger partial charge on any atom is -0.384 e. The zero-order chi connectivity index (χ0) is 21.9. The minimum atomic E-state index is -0.812. The molecule has 2 atom stereocenters. The van der Waals surface area contributed by atoms with Gasteiger partial charge in [-0.3, -0.25) is 0 Å². The van der Waals surface area contributed by atoms with Gasteiger partial charge in [0.25, 0.3) is 0 Å². The summed E-state index contributed by atoms with van der Waals surface area (Å²) in [5, 5.41) is 12.0. The van der Waals surface area contributed by atoms with E-state index >= 15 is 0 Å². The first-order valence-corrected chi connectivity index (χ1v) is 12.4. The van der Waals surface area contributed by atoms with E-state index in [1.165, 1.54) is 44.1 Å². The van der Waals surface area contributed by atoms with E-state index in [0.717, 1.165) is 42.6 Å². The smallest absolute Gasteiger partial charge is 0.0992 e. The molecule has 0 spiro atoms. The van der Waals surface area contributed by atoms with Gasteiger partial charge in [-0.2, -0.15) is 12.6 Å². The molecule has 0 bridgehead atoms. The van der Waals surface area contributed by atoms with Crippen LogP contribution in [-0.4, -0.2) is 10.9 Å². The number of aliphatic hydroxyl groups is 1. The molecular formula is C27H44OS. The quantitative estimate of drug-likeness (QED) is 0.229. The molecule has 0 heterocycles. The first-order valence-electron chi connectivity index (χ1n) is 11.8. The van der Waals surface area contributed by atoms with Crippen molar-refractivity contribution in [3.05, 3.63) is 34.9 Å². The van der Waals surface area contributed by atoms with Crippen molar-refractivity contribution in [3.63, 3.8) is 0 Å². The Morgan fingerprint density at radius 1 is 1.03 bits per heavy atom. The second-order valence-electron chi connectivity index (χ2n) is 9.22. The number of hydrogen-bond acceptors (Lipinski definition) is 2. The average molecular weight is 417 g/mol. The van der Waals surface area contributed by atoms with E-state index in [1.54, 1.807) is 0 Å². The lowest BCUT2D eigenvalue weighted by Gasteiger charge is -2.44. The highest BCUT2D eigenvalue weighted by atomic mass is 32.1. The van der Waals surface area contributed by atoms with Gasteiger partial charge in [0.05, 0.1) is 5.60 Å². The van der Waals surface area contributed by atoms with E-state index in [1.807, 2.05) is 12.1 Å². The Hall–Kier alpha value is -0.910. The van der Waals surface area contributed by atoms with Gasteiger partial charge < -0.3 is 5.11 Å². The summed E-state index contributed by atoms with van der Waals surface area (Å²) >= 11 is 4.00. The van der Waals surface area contributed by atoms with Gasteiger partial charge >= 0.3 is 0 Å². The highest BCUT2D eigenvalue weighted by Crippen LogP contribution is 2.56. The Morgan fingerprint density at radius 3 is 2.24 bits per heavy atom. The summed E-state index contributed by atoms with van der Waals surface area (Å²) in [6, 6.07) is 6.17. The average Bonchev–Trinajstić information content (AvgIpc) is 2.91. The van der Waals surface area contributed by atoms with Crippen molar-refractivity contribution in [1.29, 1.82) is 0 Å². The highest BCUT2D eigenvalue weighted by molar-refractivity contribution is 7.80. The fourth-order valence-electron chi connectivity index (χ4n) is 4.91. The molecule has 164 valence electrons. The molecule has 1 aliphatic carbocycles. The van der Waals surface area contributed by atoms with Crippen molar-refractivity contribution < 1.29 is 5.11 Å². The molecule has 1 aliphatic rings. The molecule has 1 N–H and O–H groups in total. The van der Waals surface area contributed by atoms with Crippen molar-refractivity contribution in [1.82, 2.24) is 0 Å².